The highest BCUT2D eigenvalue weighted by Crippen LogP contribution is 2.39. The summed E-state index contributed by atoms with van der Waals surface area (Å²) in [6, 6.07) is 8.94. The minimum Gasteiger partial charge on any atom is -0.339 e. The average molecular weight is 284 g/mol. The molecule has 1 aromatic rings. The molecule has 3 nitrogen and oxygen atoms in total. The number of carbonyl (C=O) groups excluding carboxylic acids is 1. The minimum absolute atomic E-state index is 0.142. The summed E-state index contributed by atoms with van der Waals surface area (Å²) in [6.07, 6.45) is 5.81. The van der Waals surface area contributed by atoms with Gasteiger partial charge in [0.1, 0.15) is 0 Å². The largest absolute Gasteiger partial charge is 0.339 e. The number of nitrogens with zero attached hydrogens (tertiary/aromatic N) is 1. The number of hydrogen-bond acceptors (Lipinski definition) is 2. The molecule has 2 aliphatic heterocycles. The summed E-state index contributed by atoms with van der Waals surface area (Å²) in [5.74, 6) is 1.26. The molecule has 4 rings (SSSR count). The first-order chi connectivity index (χ1) is 10.3. The summed E-state index contributed by atoms with van der Waals surface area (Å²) in [5.41, 5.74) is 2.65. The molecule has 1 N–H and O–H groups in total. The molecule has 0 radical (unpaired) electrons. The van der Waals surface area contributed by atoms with Gasteiger partial charge in [0.2, 0.25) is 5.91 Å². The quantitative estimate of drug-likeness (QED) is 0.904. The lowest BCUT2D eigenvalue weighted by Crippen LogP contribution is -2.47. The molecule has 1 aromatic carbocycles. The lowest BCUT2D eigenvalue weighted by atomic mass is 9.76. The third-order valence-corrected chi connectivity index (χ3v) is 5.66. The van der Waals surface area contributed by atoms with E-state index >= 15 is 0 Å². The summed E-state index contributed by atoms with van der Waals surface area (Å²) in [5, 5.41) is 3.44. The molecule has 0 bridgehead atoms. The Morgan fingerprint density at radius 1 is 1.14 bits per heavy atom. The Kier molecular flexibility index (Phi) is 3.46. The van der Waals surface area contributed by atoms with Crippen molar-refractivity contribution in [3.63, 3.8) is 0 Å². The van der Waals surface area contributed by atoms with Gasteiger partial charge in [-0.15, -0.1) is 0 Å². The SMILES string of the molecule is O=C(C1Cc2ccccc21)N1CCCC1C1CCNCC1. The van der Waals surface area contributed by atoms with Gasteiger partial charge in [0, 0.05) is 12.6 Å². The van der Waals surface area contributed by atoms with Gasteiger partial charge in [0.05, 0.1) is 5.92 Å². The molecule has 0 saturated carbocycles. The lowest BCUT2D eigenvalue weighted by Gasteiger charge is -2.38. The molecule has 1 amide bonds. The first-order valence-electron chi connectivity index (χ1n) is 8.43. The number of nitrogens with one attached hydrogen (secondary N) is 1. The number of piperidine rings is 1. The van der Waals surface area contributed by atoms with E-state index in [4.69, 9.17) is 0 Å². The van der Waals surface area contributed by atoms with E-state index in [1.807, 2.05) is 0 Å². The zero-order valence-corrected chi connectivity index (χ0v) is 12.6. The monoisotopic (exact) mass is 284 g/mol. The smallest absolute Gasteiger partial charge is 0.230 e. The van der Waals surface area contributed by atoms with Crippen LogP contribution in [0.25, 0.3) is 0 Å². The number of carbonyl (C=O) groups is 1. The van der Waals surface area contributed by atoms with Gasteiger partial charge < -0.3 is 10.2 Å². The Balaban J connectivity index is 1.49. The van der Waals surface area contributed by atoms with Crippen molar-refractivity contribution in [3.8, 4) is 0 Å². The van der Waals surface area contributed by atoms with Gasteiger partial charge in [-0.3, -0.25) is 4.79 Å². The van der Waals surface area contributed by atoms with E-state index in [2.05, 4.69) is 34.5 Å². The molecule has 2 atom stereocenters. The van der Waals surface area contributed by atoms with Crippen LogP contribution in [0.15, 0.2) is 24.3 Å². The van der Waals surface area contributed by atoms with Crippen LogP contribution in [0.2, 0.25) is 0 Å². The molecule has 2 fully saturated rings. The molecule has 2 unspecified atom stereocenters. The van der Waals surface area contributed by atoms with Crippen molar-refractivity contribution < 1.29 is 4.79 Å². The van der Waals surface area contributed by atoms with Crippen molar-refractivity contribution in [1.29, 1.82) is 0 Å². The molecular formula is C18H24N2O. The molecule has 2 heterocycles. The maximum Gasteiger partial charge on any atom is 0.230 e. The van der Waals surface area contributed by atoms with Gasteiger partial charge in [0.15, 0.2) is 0 Å². The predicted octanol–water partition coefficient (Wildman–Crippen LogP) is 2.32. The summed E-state index contributed by atoms with van der Waals surface area (Å²) in [4.78, 5) is 15.2. The standard InChI is InChI=1S/C18H24N2O/c21-18(16-12-14-4-1-2-5-15(14)16)20-11-3-6-17(20)13-7-9-19-10-8-13/h1-2,4-5,13,16-17,19H,3,6-12H2. The zero-order valence-electron chi connectivity index (χ0n) is 12.6. The van der Waals surface area contributed by atoms with E-state index in [0.29, 0.717) is 17.9 Å². The van der Waals surface area contributed by atoms with Crippen LogP contribution in [0.5, 0.6) is 0 Å². The second-order valence-corrected chi connectivity index (χ2v) is 6.78. The summed E-state index contributed by atoms with van der Waals surface area (Å²) >= 11 is 0. The van der Waals surface area contributed by atoms with Gasteiger partial charge >= 0.3 is 0 Å². The molecule has 112 valence electrons. The van der Waals surface area contributed by atoms with Crippen molar-refractivity contribution in [3.05, 3.63) is 35.4 Å². The molecular weight excluding hydrogens is 260 g/mol. The number of likely N-dealkylation sites (tertiary alicyclic amines) is 1. The molecule has 21 heavy (non-hydrogen) atoms. The summed E-state index contributed by atoms with van der Waals surface area (Å²) < 4.78 is 0. The maximum absolute atomic E-state index is 13.0. The first kappa shape index (κ1) is 13.3. The Morgan fingerprint density at radius 3 is 2.76 bits per heavy atom. The minimum atomic E-state index is 0.142. The first-order valence-corrected chi connectivity index (χ1v) is 8.43. The maximum atomic E-state index is 13.0. The summed E-state index contributed by atoms with van der Waals surface area (Å²) in [6.45, 7) is 3.22. The van der Waals surface area contributed by atoms with Crippen LogP contribution in [-0.4, -0.2) is 36.5 Å². The number of hydrogen-bond donors (Lipinski definition) is 1. The third-order valence-electron chi connectivity index (χ3n) is 5.66. The van der Waals surface area contributed by atoms with Crippen molar-refractivity contribution in [2.45, 2.75) is 44.1 Å². The van der Waals surface area contributed by atoms with E-state index in [-0.39, 0.29) is 5.92 Å². The van der Waals surface area contributed by atoms with Gasteiger partial charge in [-0.2, -0.15) is 0 Å². The second-order valence-electron chi connectivity index (χ2n) is 6.78. The molecule has 3 aliphatic rings. The lowest BCUT2D eigenvalue weighted by molar-refractivity contribution is -0.135. The highest BCUT2D eigenvalue weighted by molar-refractivity contribution is 5.87. The van der Waals surface area contributed by atoms with Crippen LogP contribution in [0.4, 0.5) is 0 Å². The number of amides is 1. The normalized spacial score (nSPS) is 29.0. The average Bonchev–Trinajstić information content (AvgIpc) is 2.99. The number of rotatable bonds is 2. The van der Waals surface area contributed by atoms with E-state index in [1.165, 1.54) is 36.8 Å². The zero-order chi connectivity index (χ0) is 14.2. The third kappa shape index (κ3) is 2.28. The fourth-order valence-electron chi connectivity index (χ4n) is 4.46. The van der Waals surface area contributed by atoms with E-state index in [1.54, 1.807) is 0 Å². The second kappa shape index (κ2) is 5.45. The van der Waals surface area contributed by atoms with Crippen molar-refractivity contribution >= 4 is 5.91 Å². The molecule has 0 spiro atoms. The van der Waals surface area contributed by atoms with Gasteiger partial charge in [-0.1, -0.05) is 24.3 Å². The van der Waals surface area contributed by atoms with Crippen LogP contribution in [-0.2, 0) is 11.2 Å². The van der Waals surface area contributed by atoms with E-state index < -0.39 is 0 Å². The topological polar surface area (TPSA) is 32.3 Å². The Bertz CT molecular complexity index is 536. The highest BCUT2D eigenvalue weighted by Gasteiger charge is 2.41. The Labute approximate surface area is 126 Å². The molecule has 0 aromatic heterocycles. The van der Waals surface area contributed by atoms with Gasteiger partial charge in [0.25, 0.3) is 0 Å². The van der Waals surface area contributed by atoms with Gasteiger partial charge in [-0.25, -0.2) is 0 Å². The molecule has 2 saturated heterocycles. The van der Waals surface area contributed by atoms with Crippen molar-refractivity contribution in [1.82, 2.24) is 10.2 Å². The number of benzene rings is 1. The van der Waals surface area contributed by atoms with Crippen molar-refractivity contribution in [2.75, 3.05) is 19.6 Å². The number of fused-ring (bicyclic) bond motifs is 1. The van der Waals surface area contributed by atoms with Crippen LogP contribution in [0.1, 0.15) is 42.7 Å². The van der Waals surface area contributed by atoms with Crippen molar-refractivity contribution in [2.24, 2.45) is 5.92 Å². The molecule has 1 aliphatic carbocycles. The van der Waals surface area contributed by atoms with Crippen LogP contribution < -0.4 is 5.32 Å². The fraction of sp³-hybridized carbons (Fsp3) is 0.611. The fourth-order valence-corrected chi connectivity index (χ4v) is 4.46. The van der Waals surface area contributed by atoms with Gasteiger partial charge in [-0.05, 0) is 62.2 Å². The Hall–Kier alpha value is -1.35. The van der Waals surface area contributed by atoms with E-state index in [0.717, 1.165) is 26.1 Å². The summed E-state index contributed by atoms with van der Waals surface area (Å²) in [7, 11) is 0. The predicted molar refractivity (Wildman–Crippen MR) is 83.2 cm³/mol. The Morgan fingerprint density at radius 2 is 1.95 bits per heavy atom. The van der Waals surface area contributed by atoms with E-state index in [9.17, 15) is 4.79 Å². The van der Waals surface area contributed by atoms with Crippen LogP contribution in [0, 0.1) is 5.92 Å². The highest BCUT2D eigenvalue weighted by atomic mass is 16.2. The van der Waals surface area contributed by atoms with Crippen LogP contribution >= 0.6 is 0 Å². The molecule has 3 heteroatoms. The van der Waals surface area contributed by atoms with Crippen LogP contribution in [0.3, 0.4) is 0 Å².